The monoisotopic (exact) mass is 282 g/mol. The molecule has 0 aliphatic rings. The highest BCUT2D eigenvalue weighted by Gasteiger charge is 1.99. The van der Waals surface area contributed by atoms with Crippen molar-refractivity contribution >= 4 is 15.9 Å². The van der Waals surface area contributed by atoms with Crippen molar-refractivity contribution < 1.29 is 9.47 Å². The summed E-state index contributed by atoms with van der Waals surface area (Å²) in [6, 6.07) is 7.45. The van der Waals surface area contributed by atoms with Gasteiger partial charge in [0.2, 0.25) is 0 Å². The first kappa shape index (κ1) is 11.0. The molecule has 5 heteroatoms. The van der Waals surface area contributed by atoms with Crippen LogP contribution in [0.3, 0.4) is 0 Å². The maximum Gasteiger partial charge on any atom is 0.174 e. The summed E-state index contributed by atoms with van der Waals surface area (Å²) in [7, 11) is 1.64. The van der Waals surface area contributed by atoms with Crippen molar-refractivity contribution in [1.82, 2.24) is 9.97 Å². The Labute approximate surface area is 102 Å². The number of aromatic amines is 1. The maximum absolute atomic E-state index is 5.56. The molecule has 2 aromatic rings. The molecule has 0 unspecified atom stereocenters. The van der Waals surface area contributed by atoms with Crippen LogP contribution in [0.5, 0.6) is 11.5 Å². The van der Waals surface area contributed by atoms with Crippen LogP contribution in [0.2, 0.25) is 0 Å². The van der Waals surface area contributed by atoms with Gasteiger partial charge in [0.25, 0.3) is 0 Å². The van der Waals surface area contributed by atoms with Gasteiger partial charge in [-0.05, 0) is 40.2 Å². The number of halogens is 1. The second-order valence-electron chi connectivity index (χ2n) is 3.16. The molecule has 0 spiro atoms. The summed E-state index contributed by atoms with van der Waals surface area (Å²) >= 11 is 3.24. The average Bonchev–Trinajstić information content (AvgIpc) is 2.73. The lowest BCUT2D eigenvalue weighted by atomic mass is 10.3. The van der Waals surface area contributed by atoms with Crippen molar-refractivity contribution in [3.8, 4) is 11.5 Å². The SMILES string of the molecule is COc1ccc(OCc2cnc(Br)[nH]2)cc1. The fourth-order valence-corrected chi connectivity index (χ4v) is 1.60. The van der Waals surface area contributed by atoms with E-state index < -0.39 is 0 Å². The second kappa shape index (κ2) is 5.03. The van der Waals surface area contributed by atoms with Crippen LogP contribution in [0.25, 0.3) is 0 Å². The minimum atomic E-state index is 0.463. The zero-order valence-electron chi connectivity index (χ0n) is 8.74. The van der Waals surface area contributed by atoms with Gasteiger partial charge < -0.3 is 14.5 Å². The van der Waals surface area contributed by atoms with E-state index in [0.717, 1.165) is 17.2 Å². The number of H-pyrrole nitrogens is 1. The number of hydrogen-bond donors (Lipinski definition) is 1. The second-order valence-corrected chi connectivity index (χ2v) is 3.91. The fraction of sp³-hybridized carbons (Fsp3) is 0.182. The Morgan fingerprint density at radius 1 is 1.25 bits per heavy atom. The third-order valence-electron chi connectivity index (χ3n) is 2.05. The van der Waals surface area contributed by atoms with Crippen LogP contribution in [-0.2, 0) is 6.61 Å². The van der Waals surface area contributed by atoms with Crippen LogP contribution in [0.15, 0.2) is 35.2 Å². The third-order valence-corrected chi connectivity index (χ3v) is 2.45. The van der Waals surface area contributed by atoms with E-state index in [1.165, 1.54) is 0 Å². The standard InChI is InChI=1S/C11H11BrN2O2/c1-15-9-2-4-10(5-3-9)16-7-8-6-13-11(12)14-8/h2-6H,7H2,1H3,(H,13,14). The number of ether oxygens (including phenoxy) is 2. The summed E-state index contributed by atoms with van der Waals surface area (Å²) in [5, 5.41) is 0. The lowest BCUT2D eigenvalue weighted by Gasteiger charge is -2.05. The predicted molar refractivity (Wildman–Crippen MR) is 63.6 cm³/mol. The molecular weight excluding hydrogens is 272 g/mol. The fourth-order valence-electron chi connectivity index (χ4n) is 1.24. The highest BCUT2D eigenvalue weighted by molar-refractivity contribution is 9.10. The first-order valence-corrected chi connectivity index (χ1v) is 5.53. The zero-order valence-corrected chi connectivity index (χ0v) is 10.3. The largest absolute Gasteiger partial charge is 0.497 e. The van der Waals surface area contributed by atoms with Crippen LogP contribution in [0, 0.1) is 0 Å². The molecule has 0 aliphatic heterocycles. The Balaban J connectivity index is 1.94. The normalized spacial score (nSPS) is 10.1. The van der Waals surface area contributed by atoms with Crippen molar-refractivity contribution in [1.29, 1.82) is 0 Å². The molecule has 1 aromatic heterocycles. The molecule has 0 radical (unpaired) electrons. The molecule has 0 aliphatic carbocycles. The topological polar surface area (TPSA) is 47.1 Å². The number of imidazole rings is 1. The quantitative estimate of drug-likeness (QED) is 0.938. The summed E-state index contributed by atoms with van der Waals surface area (Å²) < 4.78 is 11.3. The Kier molecular flexibility index (Phi) is 3.46. The van der Waals surface area contributed by atoms with E-state index in [9.17, 15) is 0 Å². The summed E-state index contributed by atoms with van der Waals surface area (Å²) in [5.41, 5.74) is 0.919. The highest BCUT2D eigenvalue weighted by Crippen LogP contribution is 2.18. The van der Waals surface area contributed by atoms with Gasteiger partial charge in [0, 0.05) is 0 Å². The lowest BCUT2D eigenvalue weighted by Crippen LogP contribution is -1.95. The van der Waals surface area contributed by atoms with Crippen molar-refractivity contribution in [2.24, 2.45) is 0 Å². The molecule has 1 heterocycles. The third kappa shape index (κ3) is 2.76. The Morgan fingerprint density at radius 2 is 1.94 bits per heavy atom. The predicted octanol–water partition coefficient (Wildman–Crippen LogP) is 2.76. The van der Waals surface area contributed by atoms with Gasteiger partial charge in [-0.15, -0.1) is 0 Å². The first-order chi connectivity index (χ1) is 7.78. The highest BCUT2D eigenvalue weighted by atomic mass is 79.9. The van der Waals surface area contributed by atoms with Gasteiger partial charge in [-0.3, -0.25) is 0 Å². The van der Waals surface area contributed by atoms with Crippen molar-refractivity contribution in [3.05, 3.63) is 40.9 Å². The number of benzene rings is 1. The summed E-state index contributed by atoms with van der Waals surface area (Å²) in [6.07, 6.45) is 1.73. The van der Waals surface area contributed by atoms with E-state index in [2.05, 4.69) is 25.9 Å². The van der Waals surface area contributed by atoms with Gasteiger partial charge in [0.1, 0.15) is 18.1 Å². The van der Waals surface area contributed by atoms with Crippen molar-refractivity contribution in [3.63, 3.8) is 0 Å². The number of nitrogens with zero attached hydrogens (tertiary/aromatic N) is 1. The van der Waals surface area contributed by atoms with Crippen LogP contribution in [0.1, 0.15) is 5.69 Å². The van der Waals surface area contributed by atoms with Crippen LogP contribution in [0.4, 0.5) is 0 Å². The molecule has 1 aromatic carbocycles. The first-order valence-electron chi connectivity index (χ1n) is 4.74. The lowest BCUT2D eigenvalue weighted by molar-refractivity contribution is 0.301. The minimum Gasteiger partial charge on any atom is -0.497 e. The summed E-state index contributed by atoms with van der Waals surface area (Å²) in [6.45, 7) is 0.463. The number of aromatic nitrogens is 2. The number of hydrogen-bond acceptors (Lipinski definition) is 3. The number of nitrogens with one attached hydrogen (secondary N) is 1. The average molecular weight is 283 g/mol. The smallest absolute Gasteiger partial charge is 0.174 e. The minimum absolute atomic E-state index is 0.463. The van der Waals surface area contributed by atoms with E-state index in [1.807, 2.05) is 24.3 Å². The van der Waals surface area contributed by atoms with Crippen molar-refractivity contribution in [2.75, 3.05) is 7.11 Å². The molecule has 4 nitrogen and oxygen atoms in total. The molecule has 0 amide bonds. The van der Waals surface area contributed by atoms with Crippen LogP contribution < -0.4 is 9.47 Å². The molecule has 0 atom stereocenters. The van der Waals surface area contributed by atoms with E-state index in [0.29, 0.717) is 11.3 Å². The summed E-state index contributed by atoms with van der Waals surface area (Å²) in [4.78, 5) is 7.04. The summed E-state index contributed by atoms with van der Waals surface area (Å²) in [5.74, 6) is 1.61. The van der Waals surface area contributed by atoms with Crippen LogP contribution >= 0.6 is 15.9 Å². The van der Waals surface area contributed by atoms with Crippen molar-refractivity contribution in [2.45, 2.75) is 6.61 Å². The molecular formula is C11H11BrN2O2. The van der Waals surface area contributed by atoms with Gasteiger partial charge in [-0.2, -0.15) is 0 Å². The van der Waals surface area contributed by atoms with Crippen LogP contribution in [-0.4, -0.2) is 17.1 Å². The number of rotatable bonds is 4. The molecule has 84 valence electrons. The van der Waals surface area contributed by atoms with Gasteiger partial charge in [0.05, 0.1) is 19.0 Å². The van der Waals surface area contributed by atoms with E-state index in [-0.39, 0.29) is 0 Å². The van der Waals surface area contributed by atoms with E-state index in [1.54, 1.807) is 13.3 Å². The Bertz CT molecular complexity index is 453. The van der Waals surface area contributed by atoms with E-state index >= 15 is 0 Å². The van der Waals surface area contributed by atoms with Gasteiger partial charge in [0.15, 0.2) is 4.73 Å². The molecule has 1 N–H and O–H groups in total. The number of methoxy groups -OCH3 is 1. The van der Waals surface area contributed by atoms with E-state index in [4.69, 9.17) is 9.47 Å². The molecule has 0 saturated heterocycles. The molecule has 0 bridgehead atoms. The Hall–Kier alpha value is -1.49. The molecule has 0 saturated carbocycles. The Morgan fingerprint density at radius 3 is 2.50 bits per heavy atom. The maximum atomic E-state index is 5.56. The zero-order chi connectivity index (χ0) is 11.4. The van der Waals surface area contributed by atoms with Gasteiger partial charge in [-0.25, -0.2) is 4.98 Å². The molecule has 0 fully saturated rings. The van der Waals surface area contributed by atoms with Gasteiger partial charge in [-0.1, -0.05) is 0 Å². The molecule has 2 rings (SSSR count). The van der Waals surface area contributed by atoms with Gasteiger partial charge >= 0.3 is 0 Å². The molecule has 16 heavy (non-hydrogen) atoms.